The van der Waals surface area contributed by atoms with E-state index in [4.69, 9.17) is 8.83 Å². The molecule has 322 valence electrons. The molecular formula is C64H54O2. The van der Waals surface area contributed by atoms with Gasteiger partial charge in [0.15, 0.2) is 0 Å². The predicted molar refractivity (Wildman–Crippen MR) is 283 cm³/mol. The fraction of sp³-hybridized carbons (Fsp3) is 0.188. The van der Waals surface area contributed by atoms with E-state index in [1.165, 1.54) is 88.3 Å². The van der Waals surface area contributed by atoms with E-state index < -0.39 is 0 Å². The second-order valence-corrected chi connectivity index (χ2v) is 21.1. The van der Waals surface area contributed by atoms with E-state index >= 15 is 0 Å². The van der Waals surface area contributed by atoms with Crippen LogP contribution in [-0.4, -0.2) is 0 Å². The first-order valence-electron chi connectivity index (χ1n) is 23.5. The second-order valence-electron chi connectivity index (χ2n) is 21.1. The molecule has 0 aliphatic rings. The maximum Gasteiger partial charge on any atom is 0.143 e. The Morgan fingerprint density at radius 2 is 0.652 bits per heavy atom. The van der Waals surface area contributed by atoms with Gasteiger partial charge in [-0.3, -0.25) is 0 Å². The molecule has 0 N–H and O–H groups in total. The fourth-order valence-corrected chi connectivity index (χ4v) is 11.2. The van der Waals surface area contributed by atoms with Crippen molar-refractivity contribution in [3.8, 4) is 44.5 Å². The summed E-state index contributed by atoms with van der Waals surface area (Å²) in [4.78, 5) is 0. The van der Waals surface area contributed by atoms with Crippen LogP contribution >= 0.6 is 0 Å². The van der Waals surface area contributed by atoms with Crippen LogP contribution in [0.5, 0.6) is 0 Å². The van der Waals surface area contributed by atoms with Gasteiger partial charge in [-0.05, 0) is 140 Å². The Kier molecular flexibility index (Phi) is 8.66. The Balaban J connectivity index is 1.28. The topological polar surface area (TPSA) is 26.3 Å². The van der Waals surface area contributed by atoms with Gasteiger partial charge in [-0.15, -0.1) is 0 Å². The quantitative estimate of drug-likeness (QED) is 0.165. The molecule has 0 unspecified atom stereocenters. The molecule has 2 heterocycles. The van der Waals surface area contributed by atoms with E-state index in [9.17, 15) is 0 Å². The SMILES string of the molecule is Cc1cccc(C)c1-c1cccc2c1oc1c2cc2c(-c3ccc(C(C)(C)C)cc3)cc3c4oc5c(-c6c(C)cccc6C)cccc5c4cc4c(-c5ccc(C(C)(C)C)cc5)cc1c2c43. The highest BCUT2D eigenvalue weighted by atomic mass is 16.3. The first-order chi connectivity index (χ1) is 31.7. The summed E-state index contributed by atoms with van der Waals surface area (Å²) >= 11 is 0. The van der Waals surface area contributed by atoms with Gasteiger partial charge in [-0.1, -0.05) is 163 Å². The maximum atomic E-state index is 7.36. The molecule has 66 heavy (non-hydrogen) atoms. The van der Waals surface area contributed by atoms with Gasteiger partial charge >= 0.3 is 0 Å². The molecule has 12 aromatic rings. The van der Waals surface area contributed by atoms with Crippen LogP contribution in [0.25, 0.3) is 121 Å². The smallest absolute Gasteiger partial charge is 0.143 e. The van der Waals surface area contributed by atoms with Crippen LogP contribution in [0.1, 0.15) is 74.9 Å². The summed E-state index contributed by atoms with van der Waals surface area (Å²) in [7, 11) is 0. The number of rotatable bonds is 4. The molecule has 0 radical (unpaired) electrons. The second kappa shape index (κ2) is 14.2. The third kappa shape index (κ3) is 5.93. The monoisotopic (exact) mass is 854 g/mol. The van der Waals surface area contributed by atoms with Gasteiger partial charge in [0, 0.05) is 54.2 Å². The van der Waals surface area contributed by atoms with Gasteiger partial charge in [0.2, 0.25) is 0 Å². The average Bonchev–Trinajstić information content (AvgIpc) is 3.86. The van der Waals surface area contributed by atoms with Crippen LogP contribution in [0, 0.1) is 27.7 Å². The molecule has 2 heteroatoms. The van der Waals surface area contributed by atoms with Crippen LogP contribution < -0.4 is 0 Å². The summed E-state index contributed by atoms with van der Waals surface area (Å²) in [5.74, 6) is 0. The van der Waals surface area contributed by atoms with Crippen molar-refractivity contribution >= 4 is 76.2 Å². The number of hydrogen-bond donors (Lipinski definition) is 0. The zero-order valence-corrected chi connectivity index (χ0v) is 39.7. The van der Waals surface area contributed by atoms with E-state index in [0.717, 1.165) is 65.8 Å². The first-order valence-corrected chi connectivity index (χ1v) is 23.5. The molecule has 12 rings (SSSR count). The lowest BCUT2D eigenvalue weighted by Crippen LogP contribution is -2.10. The number of benzene rings is 10. The number of hydrogen-bond acceptors (Lipinski definition) is 2. The molecule has 0 aliphatic heterocycles. The Hall–Kier alpha value is -7.16. The molecule has 0 aliphatic carbocycles. The molecule has 2 nitrogen and oxygen atoms in total. The maximum absolute atomic E-state index is 7.36. The highest BCUT2D eigenvalue weighted by Crippen LogP contribution is 2.52. The lowest BCUT2D eigenvalue weighted by atomic mass is 9.82. The minimum Gasteiger partial charge on any atom is -0.455 e. The van der Waals surface area contributed by atoms with Crippen molar-refractivity contribution in [1.29, 1.82) is 0 Å². The summed E-state index contributed by atoms with van der Waals surface area (Å²) in [6, 6.07) is 54.7. The summed E-state index contributed by atoms with van der Waals surface area (Å²) in [5, 5.41) is 11.5. The molecule has 0 atom stereocenters. The highest BCUT2D eigenvalue weighted by Gasteiger charge is 2.27. The van der Waals surface area contributed by atoms with Crippen LogP contribution in [-0.2, 0) is 10.8 Å². The molecule has 10 aromatic carbocycles. The third-order valence-corrected chi connectivity index (χ3v) is 14.7. The van der Waals surface area contributed by atoms with Crippen LogP contribution in [0.2, 0.25) is 0 Å². The van der Waals surface area contributed by atoms with Gasteiger partial charge in [0.05, 0.1) is 0 Å². The molecule has 0 amide bonds. The van der Waals surface area contributed by atoms with E-state index in [1.54, 1.807) is 0 Å². The largest absolute Gasteiger partial charge is 0.455 e. The molecule has 0 spiro atoms. The minimum absolute atomic E-state index is 0.0296. The lowest BCUT2D eigenvalue weighted by Gasteiger charge is -2.21. The Labute approximate surface area is 386 Å². The summed E-state index contributed by atoms with van der Waals surface area (Å²) in [5.41, 5.74) is 20.7. The van der Waals surface area contributed by atoms with Gasteiger partial charge in [0.25, 0.3) is 0 Å². The molecule has 0 saturated carbocycles. The Morgan fingerprint density at radius 1 is 0.303 bits per heavy atom. The molecule has 2 aromatic heterocycles. The van der Waals surface area contributed by atoms with Crippen molar-refractivity contribution < 1.29 is 8.83 Å². The molecule has 0 saturated heterocycles. The standard InChI is InChI=1S/C64H54O2/c1-35-15-11-16-36(2)55(35)45-21-13-19-43-51-33-49-48(40-25-29-42(30-26-40)64(8,9)10)32-54-58-50(34-52-44-20-14-22-46(60(44)66-62(52)54)56-37(3)17-12-18-38(56)4)47(31-53(57(49)58)61(51)65-59(43)45)39-23-27-41(28-24-39)63(5,6)7/h11-34H,1-10H3. The fourth-order valence-electron chi connectivity index (χ4n) is 11.2. The minimum atomic E-state index is 0.0296. The normalized spacial score (nSPS) is 12.7. The van der Waals surface area contributed by atoms with Crippen molar-refractivity contribution in [1.82, 2.24) is 0 Å². The van der Waals surface area contributed by atoms with Gasteiger partial charge in [-0.2, -0.15) is 0 Å². The first kappa shape index (κ1) is 40.4. The van der Waals surface area contributed by atoms with Crippen molar-refractivity contribution in [2.75, 3.05) is 0 Å². The van der Waals surface area contributed by atoms with Crippen LogP contribution in [0.15, 0.2) is 154 Å². The predicted octanol–water partition coefficient (Wildman–Crippen LogP) is 18.9. The third-order valence-electron chi connectivity index (χ3n) is 14.7. The Morgan fingerprint density at radius 3 is 1.00 bits per heavy atom. The van der Waals surface area contributed by atoms with E-state index in [0.29, 0.717) is 0 Å². The van der Waals surface area contributed by atoms with Crippen molar-refractivity contribution in [3.63, 3.8) is 0 Å². The van der Waals surface area contributed by atoms with Gasteiger partial charge < -0.3 is 8.83 Å². The number of para-hydroxylation sites is 2. The van der Waals surface area contributed by atoms with E-state index in [-0.39, 0.29) is 10.8 Å². The van der Waals surface area contributed by atoms with Gasteiger partial charge in [0.1, 0.15) is 22.3 Å². The molecule has 0 fully saturated rings. The highest BCUT2D eigenvalue weighted by molar-refractivity contribution is 6.38. The van der Waals surface area contributed by atoms with Crippen LogP contribution in [0.3, 0.4) is 0 Å². The van der Waals surface area contributed by atoms with Crippen molar-refractivity contribution in [3.05, 3.63) is 179 Å². The number of fused-ring (bicyclic) bond motifs is 8. The van der Waals surface area contributed by atoms with E-state index in [1.807, 2.05) is 0 Å². The zero-order chi connectivity index (χ0) is 45.6. The van der Waals surface area contributed by atoms with Gasteiger partial charge in [-0.25, -0.2) is 0 Å². The lowest BCUT2D eigenvalue weighted by molar-refractivity contribution is 0.590. The average molecular weight is 855 g/mol. The van der Waals surface area contributed by atoms with E-state index in [2.05, 4.69) is 215 Å². The summed E-state index contributed by atoms with van der Waals surface area (Å²) < 4.78 is 14.7. The summed E-state index contributed by atoms with van der Waals surface area (Å²) in [6.45, 7) is 22.5. The summed E-state index contributed by atoms with van der Waals surface area (Å²) in [6.07, 6.45) is 0. The number of aryl methyl sites for hydroxylation is 4. The van der Waals surface area contributed by atoms with Crippen LogP contribution in [0.4, 0.5) is 0 Å². The Bertz CT molecular complexity index is 3650. The zero-order valence-electron chi connectivity index (χ0n) is 39.7. The number of furan rings is 2. The molecular weight excluding hydrogens is 801 g/mol. The van der Waals surface area contributed by atoms with Crippen molar-refractivity contribution in [2.45, 2.75) is 80.1 Å². The van der Waals surface area contributed by atoms with Crippen molar-refractivity contribution in [2.24, 2.45) is 0 Å². The molecule has 0 bridgehead atoms.